The van der Waals surface area contributed by atoms with E-state index < -0.39 is 0 Å². The van der Waals surface area contributed by atoms with Gasteiger partial charge in [-0.1, -0.05) is 30.3 Å². The van der Waals surface area contributed by atoms with E-state index in [0.29, 0.717) is 12.2 Å². The number of carbonyl (C=O) groups excluding carboxylic acids is 1. The van der Waals surface area contributed by atoms with Gasteiger partial charge in [0.2, 0.25) is 5.91 Å². The highest BCUT2D eigenvalue weighted by Gasteiger charge is 2.28. The van der Waals surface area contributed by atoms with Gasteiger partial charge in [0, 0.05) is 11.7 Å². The summed E-state index contributed by atoms with van der Waals surface area (Å²) in [7, 11) is 0. The number of nitrogens with zero attached hydrogens (tertiary/aromatic N) is 1. The molecule has 0 radical (unpaired) electrons. The molecule has 1 fully saturated rings. The highest BCUT2D eigenvalue weighted by molar-refractivity contribution is 5.92. The monoisotopic (exact) mass is 312 g/mol. The Morgan fingerprint density at radius 3 is 2.87 bits per heavy atom. The van der Waals surface area contributed by atoms with Crippen LogP contribution in [-0.2, 0) is 4.79 Å². The molecule has 23 heavy (non-hydrogen) atoms. The highest BCUT2D eigenvalue weighted by atomic mass is 19.1. The zero-order valence-electron chi connectivity index (χ0n) is 13.3. The molecule has 1 amide bonds. The van der Waals surface area contributed by atoms with Crippen molar-refractivity contribution in [3.05, 3.63) is 65.5 Å². The number of amides is 1. The predicted octanol–water partition coefficient (Wildman–Crippen LogP) is 3.91. The molecule has 0 aromatic heterocycles. The molecule has 1 heterocycles. The number of anilines is 1. The summed E-state index contributed by atoms with van der Waals surface area (Å²) < 4.78 is 13.2. The van der Waals surface area contributed by atoms with Crippen molar-refractivity contribution in [3.63, 3.8) is 0 Å². The summed E-state index contributed by atoms with van der Waals surface area (Å²) in [6, 6.07) is 14.6. The Morgan fingerprint density at radius 1 is 1.26 bits per heavy atom. The number of rotatable bonds is 4. The van der Waals surface area contributed by atoms with E-state index in [4.69, 9.17) is 0 Å². The first kappa shape index (κ1) is 15.7. The standard InChI is InChI=1S/C19H21FN2O/c1-14-6-2-3-9-17(14)18-10-5-11-22(18)13-19(23)21-16-8-4-7-15(20)12-16/h2-4,6-9,12,18H,5,10-11,13H2,1H3,(H,21,23). The lowest BCUT2D eigenvalue weighted by atomic mass is 9.99. The molecule has 3 rings (SSSR count). The van der Waals surface area contributed by atoms with Crippen molar-refractivity contribution in [1.82, 2.24) is 4.90 Å². The lowest BCUT2D eigenvalue weighted by Crippen LogP contribution is -2.33. The zero-order chi connectivity index (χ0) is 16.2. The van der Waals surface area contributed by atoms with Gasteiger partial charge in [0.15, 0.2) is 0 Å². The van der Waals surface area contributed by atoms with Crippen LogP contribution < -0.4 is 5.32 Å². The number of aryl methyl sites for hydroxylation is 1. The Bertz CT molecular complexity index is 701. The van der Waals surface area contributed by atoms with Gasteiger partial charge < -0.3 is 5.32 Å². The summed E-state index contributed by atoms with van der Waals surface area (Å²) >= 11 is 0. The smallest absolute Gasteiger partial charge is 0.238 e. The van der Waals surface area contributed by atoms with Crippen molar-refractivity contribution in [2.24, 2.45) is 0 Å². The van der Waals surface area contributed by atoms with E-state index in [1.165, 1.54) is 23.3 Å². The van der Waals surface area contributed by atoms with E-state index in [1.54, 1.807) is 12.1 Å². The minimum atomic E-state index is -0.346. The largest absolute Gasteiger partial charge is 0.325 e. The number of carbonyl (C=O) groups is 1. The summed E-state index contributed by atoms with van der Waals surface area (Å²) in [6.45, 7) is 3.35. The second kappa shape index (κ2) is 6.92. The van der Waals surface area contributed by atoms with Crippen LogP contribution in [0.5, 0.6) is 0 Å². The molecule has 0 bridgehead atoms. The van der Waals surface area contributed by atoms with Crippen molar-refractivity contribution in [2.45, 2.75) is 25.8 Å². The van der Waals surface area contributed by atoms with Gasteiger partial charge in [-0.25, -0.2) is 4.39 Å². The van der Waals surface area contributed by atoms with Gasteiger partial charge in [-0.3, -0.25) is 9.69 Å². The maximum atomic E-state index is 13.2. The van der Waals surface area contributed by atoms with Crippen LogP contribution in [0.4, 0.5) is 10.1 Å². The van der Waals surface area contributed by atoms with E-state index in [0.717, 1.165) is 19.4 Å². The Kier molecular flexibility index (Phi) is 4.72. The number of hydrogen-bond donors (Lipinski definition) is 1. The summed E-state index contributed by atoms with van der Waals surface area (Å²) in [4.78, 5) is 14.5. The summed E-state index contributed by atoms with van der Waals surface area (Å²) in [5.74, 6) is -0.446. The van der Waals surface area contributed by atoms with Crippen LogP contribution in [0.3, 0.4) is 0 Å². The van der Waals surface area contributed by atoms with Gasteiger partial charge in [0.25, 0.3) is 0 Å². The summed E-state index contributed by atoms with van der Waals surface area (Å²) in [6.07, 6.45) is 2.16. The molecule has 2 aromatic carbocycles. The van der Waals surface area contributed by atoms with Crippen LogP contribution in [0.2, 0.25) is 0 Å². The number of halogens is 1. The Morgan fingerprint density at radius 2 is 2.09 bits per heavy atom. The molecule has 1 atom stereocenters. The molecule has 4 heteroatoms. The number of nitrogens with one attached hydrogen (secondary N) is 1. The normalized spacial score (nSPS) is 18.1. The fraction of sp³-hybridized carbons (Fsp3) is 0.316. The molecule has 2 aromatic rings. The highest BCUT2D eigenvalue weighted by Crippen LogP contribution is 2.33. The molecule has 120 valence electrons. The SMILES string of the molecule is Cc1ccccc1C1CCCN1CC(=O)Nc1cccc(F)c1. The Balaban J connectivity index is 1.67. The van der Waals surface area contributed by atoms with E-state index in [1.807, 2.05) is 12.1 Å². The topological polar surface area (TPSA) is 32.3 Å². The van der Waals surface area contributed by atoms with Crippen molar-refractivity contribution in [3.8, 4) is 0 Å². The first-order valence-electron chi connectivity index (χ1n) is 7.98. The van der Waals surface area contributed by atoms with Crippen LogP contribution in [0.25, 0.3) is 0 Å². The molecule has 1 unspecified atom stereocenters. The third-order valence-corrected chi connectivity index (χ3v) is 4.37. The van der Waals surface area contributed by atoms with Crippen LogP contribution in [0.15, 0.2) is 48.5 Å². The molecular weight excluding hydrogens is 291 g/mol. The van der Waals surface area contributed by atoms with E-state index in [2.05, 4.69) is 29.3 Å². The van der Waals surface area contributed by atoms with Crippen LogP contribution in [-0.4, -0.2) is 23.9 Å². The van der Waals surface area contributed by atoms with E-state index >= 15 is 0 Å². The van der Waals surface area contributed by atoms with E-state index in [-0.39, 0.29) is 17.8 Å². The maximum Gasteiger partial charge on any atom is 0.238 e. The zero-order valence-corrected chi connectivity index (χ0v) is 13.3. The first-order chi connectivity index (χ1) is 11.1. The quantitative estimate of drug-likeness (QED) is 0.928. The number of benzene rings is 2. The third-order valence-electron chi connectivity index (χ3n) is 4.37. The molecule has 3 nitrogen and oxygen atoms in total. The van der Waals surface area contributed by atoms with Crippen molar-refractivity contribution < 1.29 is 9.18 Å². The molecular formula is C19H21FN2O. The van der Waals surface area contributed by atoms with E-state index in [9.17, 15) is 9.18 Å². The van der Waals surface area contributed by atoms with Gasteiger partial charge in [-0.05, 0) is 55.6 Å². The van der Waals surface area contributed by atoms with Gasteiger partial charge in [-0.15, -0.1) is 0 Å². The molecule has 0 aliphatic carbocycles. The molecule has 0 saturated carbocycles. The number of hydrogen-bond acceptors (Lipinski definition) is 2. The lowest BCUT2D eigenvalue weighted by Gasteiger charge is -2.25. The minimum absolute atomic E-state index is 0.101. The van der Waals surface area contributed by atoms with Crippen molar-refractivity contribution in [1.29, 1.82) is 0 Å². The fourth-order valence-electron chi connectivity index (χ4n) is 3.28. The Hall–Kier alpha value is -2.20. The lowest BCUT2D eigenvalue weighted by molar-refractivity contribution is -0.117. The van der Waals surface area contributed by atoms with Gasteiger partial charge in [0.05, 0.1) is 6.54 Å². The fourth-order valence-corrected chi connectivity index (χ4v) is 3.28. The first-order valence-corrected chi connectivity index (χ1v) is 7.98. The summed E-state index contributed by atoms with van der Waals surface area (Å²) in [5, 5.41) is 2.78. The predicted molar refractivity (Wildman–Crippen MR) is 89.8 cm³/mol. The second-order valence-corrected chi connectivity index (χ2v) is 6.04. The molecule has 1 N–H and O–H groups in total. The average molecular weight is 312 g/mol. The van der Waals surface area contributed by atoms with Gasteiger partial charge >= 0.3 is 0 Å². The number of likely N-dealkylation sites (tertiary alicyclic amines) is 1. The average Bonchev–Trinajstić information content (AvgIpc) is 2.95. The van der Waals surface area contributed by atoms with Gasteiger partial charge in [0.1, 0.15) is 5.82 Å². The molecule has 1 saturated heterocycles. The Labute approximate surface area is 136 Å². The maximum absolute atomic E-state index is 13.2. The van der Waals surface area contributed by atoms with Gasteiger partial charge in [-0.2, -0.15) is 0 Å². The molecule has 0 spiro atoms. The van der Waals surface area contributed by atoms with Crippen LogP contribution >= 0.6 is 0 Å². The second-order valence-electron chi connectivity index (χ2n) is 6.04. The molecule has 1 aliphatic heterocycles. The minimum Gasteiger partial charge on any atom is -0.325 e. The van der Waals surface area contributed by atoms with Crippen LogP contribution in [0.1, 0.15) is 30.0 Å². The third kappa shape index (κ3) is 3.77. The summed E-state index contributed by atoms with van der Waals surface area (Å²) in [5.41, 5.74) is 3.06. The van der Waals surface area contributed by atoms with Crippen molar-refractivity contribution >= 4 is 11.6 Å². The van der Waals surface area contributed by atoms with Crippen molar-refractivity contribution in [2.75, 3.05) is 18.4 Å². The van der Waals surface area contributed by atoms with Crippen LogP contribution in [0, 0.1) is 12.7 Å². The molecule has 1 aliphatic rings.